The molecule has 8 nitrogen and oxygen atoms in total. The Morgan fingerprint density at radius 2 is 2.00 bits per heavy atom. The maximum Gasteiger partial charge on any atom is 0.295 e. The zero-order valence-electron chi connectivity index (χ0n) is 17.5. The molecule has 1 amide bonds. The summed E-state index contributed by atoms with van der Waals surface area (Å²) >= 11 is 0. The van der Waals surface area contributed by atoms with E-state index >= 15 is 0 Å². The summed E-state index contributed by atoms with van der Waals surface area (Å²) in [5, 5.41) is 17.9. The van der Waals surface area contributed by atoms with Gasteiger partial charge in [0, 0.05) is 31.9 Å². The number of aliphatic hydroxyl groups is 1. The number of morpholine rings is 1. The van der Waals surface area contributed by atoms with E-state index in [-0.39, 0.29) is 17.9 Å². The van der Waals surface area contributed by atoms with Crippen LogP contribution < -0.4 is 0 Å². The van der Waals surface area contributed by atoms with Gasteiger partial charge in [-0.05, 0) is 31.5 Å². The number of amides is 1. The van der Waals surface area contributed by atoms with Gasteiger partial charge in [0.2, 0.25) is 0 Å². The summed E-state index contributed by atoms with van der Waals surface area (Å²) in [7, 11) is 0. The standard InChI is InChI=1S/C22H25FN4O4/c1-13-17(14(2)25-24-13)20(28)18-19(15-4-3-5-16(23)12-15)27(22(30)21(18)29)7-6-26-8-10-31-11-9-26/h3-5,12,19,28H,6-11H2,1-2H3,(H,24,25)/b20-18+/t19-/m0/s1. The molecule has 0 bridgehead atoms. The first-order valence-corrected chi connectivity index (χ1v) is 10.2. The average molecular weight is 428 g/mol. The maximum absolute atomic E-state index is 14.0. The summed E-state index contributed by atoms with van der Waals surface area (Å²) in [6.45, 7) is 6.95. The van der Waals surface area contributed by atoms with Crippen LogP contribution in [0.25, 0.3) is 5.76 Å². The minimum absolute atomic E-state index is 0.0508. The number of carbonyl (C=O) groups is 2. The number of carbonyl (C=O) groups excluding carboxylic acids is 2. The maximum atomic E-state index is 14.0. The van der Waals surface area contributed by atoms with Crippen molar-refractivity contribution in [2.75, 3.05) is 39.4 Å². The second kappa shape index (κ2) is 8.60. The van der Waals surface area contributed by atoms with E-state index in [0.717, 1.165) is 13.1 Å². The van der Waals surface area contributed by atoms with Crippen LogP contribution in [-0.2, 0) is 14.3 Å². The number of aliphatic hydroxyl groups excluding tert-OH is 1. The van der Waals surface area contributed by atoms with Gasteiger partial charge in [-0.2, -0.15) is 5.10 Å². The summed E-state index contributed by atoms with van der Waals surface area (Å²) in [5.74, 6) is -2.27. The number of benzene rings is 1. The van der Waals surface area contributed by atoms with Crippen molar-refractivity contribution in [3.8, 4) is 0 Å². The van der Waals surface area contributed by atoms with Crippen molar-refractivity contribution in [3.63, 3.8) is 0 Å². The Hall–Kier alpha value is -3.04. The van der Waals surface area contributed by atoms with Crippen molar-refractivity contribution in [2.24, 2.45) is 0 Å². The highest BCUT2D eigenvalue weighted by Gasteiger charge is 2.46. The fourth-order valence-electron chi connectivity index (χ4n) is 4.24. The number of aromatic amines is 1. The molecule has 31 heavy (non-hydrogen) atoms. The lowest BCUT2D eigenvalue weighted by Crippen LogP contribution is -2.42. The van der Waals surface area contributed by atoms with Crippen LogP contribution in [-0.4, -0.2) is 76.2 Å². The first-order valence-electron chi connectivity index (χ1n) is 10.2. The van der Waals surface area contributed by atoms with Crippen molar-refractivity contribution in [1.29, 1.82) is 0 Å². The molecule has 3 heterocycles. The second-order valence-corrected chi connectivity index (χ2v) is 7.81. The number of Topliss-reactive ketones (excluding diaryl/α,β-unsaturated/α-hetero) is 1. The van der Waals surface area contributed by atoms with E-state index in [2.05, 4.69) is 15.1 Å². The topological polar surface area (TPSA) is 98.8 Å². The van der Waals surface area contributed by atoms with E-state index in [1.54, 1.807) is 19.9 Å². The molecule has 164 valence electrons. The van der Waals surface area contributed by atoms with E-state index < -0.39 is 23.5 Å². The van der Waals surface area contributed by atoms with Gasteiger partial charge in [-0.3, -0.25) is 19.6 Å². The number of nitrogens with one attached hydrogen (secondary N) is 1. The Labute approximate surface area is 179 Å². The highest BCUT2D eigenvalue weighted by molar-refractivity contribution is 6.46. The molecule has 1 aromatic heterocycles. The summed E-state index contributed by atoms with van der Waals surface area (Å²) in [6.07, 6.45) is 0. The molecule has 0 aliphatic carbocycles. The quantitative estimate of drug-likeness (QED) is 0.429. The zero-order chi connectivity index (χ0) is 22.1. The van der Waals surface area contributed by atoms with Gasteiger partial charge in [-0.1, -0.05) is 12.1 Å². The molecule has 2 saturated heterocycles. The molecule has 2 aliphatic heterocycles. The third kappa shape index (κ3) is 3.98. The first-order chi connectivity index (χ1) is 14.9. The van der Waals surface area contributed by atoms with Gasteiger partial charge < -0.3 is 14.7 Å². The number of likely N-dealkylation sites (tertiary alicyclic amines) is 1. The Morgan fingerprint density at radius 3 is 2.65 bits per heavy atom. The van der Waals surface area contributed by atoms with Crippen LogP contribution in [0, 0.1) is 19.7 Å². The number of H-pyrrole nitrogens is 1. The van der Waals surface area contributed by atoms with Crippen LogP contribution in [0.15, 0.2) is 29.8 Å². The van der Waals surface area contributed by atoms with Gasteiger partial charge >= 0.3 is 0 Å². The molecule has 1 aromatic carbocycles. The fraction of sp³-hybridized carbons (Fsp3) is 0.409. The normalized spacial score (nSPS) is 21.8. The molecule has 9 heteroatoms. The van der Waals surface area contributed by atoms with Crippen LogP contribution in [0.2, 0.25) is 0 Å². The molecule has 0 radical (unpaired) electrons. The molecule has 2 aromatic rings. The number of aryl methyl sites for hydroxylation is 2. The number of rotatable bonds is 5. The average Bonchev–Trinajstić information content (AvgIpc) is 3.23. The smallest absolute Gasteiger partial charge is 0.295 e. The molecular formula is C22H25FN4O4. The van der Waals surface area contributed by atoms with Gasteiger partial charge in [0.1, 0.15) is 11.6 Å². The van der Waals surface area contributed by atoms with Crippen molar-refractivity contribution >= 4 is 17.4 Å². The molecule has 2 fully saturated rings. The number of halogens is 1. The van der Waals surface area contributed by atoms with Crippen LogP contribution in [0.1, 0.15) is 28.6 Å². The predicted octanol–water partition coefficient (Wildman–Crippen LogP) is 1.92. The van der Waals surface area contributed by atoms with E-state index in [9.17, 15) is 19.1 Å². The van der Waals surface area contributed by atoms with E-state index in [1.165, 1.54) is 23.1 Å². The molecule has 1 atom stereocenters. The zero-order valence-corrected chi connectivity index (χ0v) is 17.5. The highest BCUT2D eigenvalue weighted by Crippen LogP contribution is 2.40. The van der Waals surface area contributed by atoms with E-state index in [4.69, 9.17) is 4.74 Å². The number of nitrogens with zero attached hydrogens (tertiary/aromatic N) is 3. The van der Waals surface area contributed by atoms with Crippen LogP contribution >= 0.6 is 0 Å². The lowest BCUT2D eigenvalue weighted by atomic mass is 9.94. The largest absolute Gasteiger partial charge is 0.507 e. The van der Waals surface area contributed by atoms with Gasteiger partial charge in [-0.15, -0.1) is 0 Å². The van der Waals surface area contributed by atoms with E-state index in [0.29, 0.717) is 42.3 Å². The van der Waals surface area contributed by atoms with Crippen LogP contribution in [0.5, 0.6) is 0 Å². The number of ether oxygens (including phenoxy) is 1. The number of ketones is 1. The van der Waals surface area contributed by atoms with Crippen molar-refractivity contribution in [1.82, 2.24) is 20.0 Å². The van der Waals surface area contributed by atoms with Crippen molar-refractivity contribution in [2.45, 2.75) is 19.9 Å². The third-order valence-electron chi connectivity index (χ3n) is 5.83. The second-order valence-electron chi connectivity index (χ2n) is 7.81. The monoisotopic (exact) mass is 428 g/mol. The first kappa shape index (κ1) is 21.2. The molecule has 4 rings (SSSR count). The number of hydrogen-bond acceptors (Lipinski definition) is 6. The molecule has 2 aliphatic rings. The van der Waals surface area contributed by atoms with Gasteiger partial charge in [-0.25, -0.2) is 4.39 Å². The minimum atomic E-state index is -0.884. The lowest BCUT2D eigenvalue weighted by Gasteiger charge is -2.31. The van der Waals surface area contributed by atoms with Gasteiger partial charge in [0.15, 0.2) is 0 Å². The molecule has 0 spiro atoms. The Balaban J connectivity index is 1.77. The van der Waals surface area contributed by atoms with Crippen molar-refractivity contribution < 1.29 is 23.8 Å². The SMILES string of the molecule is Cc1n[nH]c(C)c1/C(O)=C1\C(=O)C(=O)N(CCN2CCOCC2)[C@H]1c1cccc(F)c1. The molecule has 0 saturated carbocycles. The summed E-state index contributed by atoms with van der Waals surface area (Å²) in [5.41, 5.74) is 1.85. The Bertz CT molecular complexity index is 1020. The molecule has 2 N–H and O–H groups in total. The third-order valence-corrected chi connectivity index (χ3v) is 5.83. The van der Waals surface area contributed by atoms with E-state index in [1.807, 2.05) is 0 Å². The fourth-order valence-corrected chi connectivity index (χ4v) is 4.24. The van der Waals surface area contributed by atoms with Gasteiger partial charge in [0.25, 0.3) is 11.7 Å². The Kier molecular flexibility index (Phi) is 5.88. The summed E-state index contributed by atoms with van der Waals surface area (Å²) < 4.78 is 19.4. The summed E-state index contributed by atoms with van der Waals surface area (Å²) in [4.78, 5) is 29.6. The lowest BCUT2D eigenvalue weighted by molar-refractivity contribution is -0.140. The van der Waals surface area contributed by atoms with Crippen LogP contribution in [0.3, 0.4) is 0 Å². The predicted molar refractivity (Wildman–Crippen MR) is 111 cm³/mol. The summed E-state index contributed by atoms with van der Waals surface area (Å²) in [6, 6.07) is 4.89. The molecular weight excluding hydrogens is 403 g/mol. The molecule has 0 unspecified atom stereocenters. The highest BCUT2D eigenvalue weighted by atomic mass is 19.1. The van der Waals surface area contributed by atoms with Crippen molar-refractivity contribution in [3.05, 3.63) is 58.2 Å². The number of hydrogen-bond donors (Lipinski definition) is 2. The van der Waals surface area contributed by atoms with Crippen LogP contribution in [0.4, 0.5) is 4.39 Å². The Morgan fingerprint density at radius 1 is 1.26 bits per heavy atom. The minimum Gasteiger partial charge on any atom is -0.507 e. The number of aromatic nitrogens is 2. The van der Waals surface area contributed by atoms with Gasteiger partial charge in [0.05, 0.1) is 36.1 Å².